The van der Waals surface area contributed by atoms with Crippen LogP contribution in [-0.4, -0.2) is 17.3 Å². The second kappa shape index (κ2) is 4.70. The Morgan fingerprint density at radius 2 is 2.44 bits per heavy atom. The van der Waals surface area contributed by atoms with Gasteiger partial charge in [-0.15, -0.1) is 11.6 Å². The van der Waals surface area contributed by atoms with Crippen LogP contribution in [0.25, 0.3) is 0 Å². The van der Waals surface area contributed by atoms with Crippen LogP contribution in [0.3, 0.4) is 0 Å². The van der Waals surface area contributed by atoms with E-state index >= 15 is 0 Å². The molecule has 0 aliphatic heterocycles. The van der Waals surface area contributed by atoms with Crippen LogP contribution < -0.4 is 5.73 Å². The van der Waals surface area contributed by atoms with Crippen molar-refractivity contribution in [3.8, 4) is 0 Å². The maximum atomic E-state index is 5.38. The van der Waals surface area contributed by atoms with E-state index in [2.05, 4.69) is 11.6 Å². The first-order valence-electron chi connectivity index (χ1n) is 2.32. The van der Waals surface area contributed by atoms with Crippen molar-refractivity contribution in [2.24, 2.45) is 10.7 Å². The minimum atomic E-state index is 0.335. The first-order chi connectivity index (χ1) is 4.20. The Kier molecular flexibility index (Phi) is 4.62. The topological polar surface area (TPSA) is 38.4 Å². The average Bonchev–Trinajstić information content (AvgIpc) is 1.87. The monoisotopic (exact) mass is 164 g/mol. The molecule has 0 aromatic carbocycles. The molecule has 52 valence electrons. The number of hydrogen-bond acceptors (Lipinski definition) is 2. The van der Waals surface area contributed by atoms with E-state index < -0.39 is 0 Å². The number of amidine groups is 1. The van der Waals surface area contributed by atoms with Crippen LogP contribution in [0.4, 0.5) is 0 Å². The summed E-state index contributed by atoms with van der Waals surface area (Å²) in [5.74, 6) is 0.335. The van der Waals surface area contributed by atoms with Gasteiger partial charge in [-0.2, -0.15) is 0 Å². The molecule has 4 heteroatoms. The molecule has 0 aliphatic carbocycles. The maximum Gasteiger partial charge on any atom is 0.158 e. The third-order valence-corrected chi connectivity index (χ3v) is 1.45. The predicted octanol–water partition coefficient (Wildman–Crippen LogP) is 1.42. The molecule has 0 spiro atoms. The van der Waals surface area contributed by atoms with Crippen molar-refractivity contribution in [2.75, 3.05) is 12.1 Å². The Hall–Kier alpha value is -0.150. The fraction of sp³-hybridized carbons (Fsp3) is 0.400. The Morgan fingerprint density at radius 1 is 1.89 bits per heavy atom. The Balaban J connectivity index is 3.79. The summed E-state index contributed by atoms with van der Waals surface area (Å²) in [6, 6.07) is 0. The van der Waals surface area contributed by atoms with Crippen molar-refractivity contribution in [2.45, 2.75) is 0 Å². The van der Waals surface area contributed by atoms with Crippen LogP contribution in [-0.2, 0) is 0 Å². The highest BCUT2D eigenvalue weighted by Crippen LogP contribution is 1.99. The SMILES string of the molecule is C=C(CCl)N=C(N)SC. The molecule has 0 saturated heterocycles. The fourth-order valence-corrected chi connectivity index (χ4v) is 0.512. The van der Waals surface area contributed by atoms with Gasteiger partial charge in [0.25, 0.3) is 0 Å². The van der Waals surface area contributed by atoms with Crippen molar-refractivity contribution in [3.63, 3.8) is 0 Å². The van der Waals surface area contributed by atoms with Crippen LogP contribution in [0, 0.1) is 0 Å². The van der Waals surface area contributed by atoms with Crippen LogP contribution in [0.5, 0.6) is 0 Å². The number of nitrogens with zero attached hydrogens (tertiary/aromatic N) is 1. The van der Waals surface area contributed by atoms with E-state index in [0.29, 0.717) is 16.7 Å². The highest BCUT2D eigenvalue weighted by Gasteiger charge is 1.88. The number of alkyl halides is 1. The molecule has 0 fully saturated rings. The number of rotatable bonds is 2. The zero-order chi connectivity index (χ0) is 7.28. The minimum absolute atomic E-state index is 0.335. The lowest BCUT2D eigenvalue weighted by atomic mass is 10.6. The molecule has 0 rings (SSSR count). The van der Waals surface area contributed by atoms with Gasteiger partial charge in [-0.05, 0) is 6.26 Å². The van der Waals surface area contributed by atoms with Gasteiger partial charge in [0.05, 0.1) is 11.6 Å². The molecule has 0 aromatic heterocycles. The number of nitrogens with two attached hydrogens (primary N) is 1. The van der Waals surface area contributed by atoms with Gasteiger partial charge in [0.2, 0.25) is 0 Å². The highest BCUT2D eigenvalue weighted by atomic mass is 35.5. The van der Waals surface area contributed by atoms with E-state index in [1.807, 2.05) is 6.26 Å². The summed E-state index contributed by atoms with van der Waals surface area (Å²) in [5.41, 5.74) is 5.94. The summed E-state index contributed by atoms with van der Waals surface area (Å²) < 4.78 is 0. The second-order valence-corrected chi connectivity index (χ2v) is 2.45. The number of thioether (sulfide) groups is 1. The zero-order valence-electron chi connectivity index (χ0n) is 5.22. The third-order valence-electron chi connectivity index (χ3n) is 0.632. The Morgan fingerprint density at radius 3 is 2.78 bits per heavy atom. The van der Waals surface area contributed by atoms with Crippen molar-refractivity contribution in [1.82, 2.24) is 0 Å². The summed E-state index contributed by atoms with van der Waals surface area (Å²) in [7, 11) is 0. The first kappa shape index (κ1) is 8.85. The van der Waals surface area contributed by atoms with E-state index in [9.17, 15) is 0 Å². The van der Waals surface area contributed by atoms with Crippen molar-refractivity contribution >= 4 is 28.5 Å². The van der Waals surface area contributed by atoms with Crippen LogP contribution in [0.1, 0.15) is 0 Å². The molecular weight excluding hydrogens is 156 g/mol. The van der Waals surface area contributed by atoms with Gasteiger partial charge >= 0.3 is 0 Å². The normalized spacial score (nSPS) is 11.6. The fourth-order valence-electron chi connectivity index (χ4n) is 0.231. The van der Waals surface area contributed by atoms with Gasteiger partial charge in [-0.1, -0.05) is 18.3 Å². The molecule has 0 bridgehead atoms. The average molecular weight is 165 g/mol. The largest absolute Gasteiger partial charge is 0.378 e. The van der Waals surface area contributed by atoms with E-state index in [1.54, 1.807) is 0 Å². The minimum Gasteiger partial charge on any atom is -0.378 e. The van der Waals surface area contributed by atoms with Crippen molar-refractivity contribution in [1.29, 1.82) is 0 Å². The lowest BCUT2D eigenvalue weighted by Crippen LogP contribution is -2.05. The zero-order valence-corrected chi connectivity index (χ0v) is 6.80. The quantitative estimate of drug-likeness (QED) is 0.381. The standard InChI is InChI=1S/C5H9ClN2S/c1-4(3-6)8-5(7)9-2/h1,3H2,2H3,(H2,7,8). The number of hydrogen-bond donors (Lipinski definition) is 1. The first-order valence-corrected chi connectivity index (χ1v) is 4.08. The molecule has 2 N–H and O–H groups in total. The molecular formula is C5H9ClN2S. The van der Waals surface area contributed by atoms with E-state index in [0.717, 1.165) is 0 Å². The van der Waals surface area contributed by atoms with Gasteiger partial charge < -0.3 is 5.73 Å². The number of halogens is 1. The van der Waals surface area contributed by atoms with E-state index in [4.69, 9.17) is 17.3 Å². The van der Waals surface area contributed by atoms with Crippen molar-refractivity contribution in [3.05, 3.63) is 12.3 Å². The van der Waals surface area contributed by atoms with E-state index in [1.165, 1.54) is 11.8 Å². The number of allylic oxidation sites excluding steroid dienone is 1. The summed E-state index contributed by atoms with van der Waals surface area (Å²) in [6.45, 7) is 3.55. The summed E-state index contributed by atoms with van der Waals surface area (Å²) in [5, 5.41) is 0.501. The Labute approximate surface area is 64.2 Å². The summed E-state index contributed by atoms with van der Waals surface area (Å²) in [4.78, 5) is 3.84. The molecule has 0 heterocycles. The molecule has 0 aromatic rings. The molecule has 0 radical (unpaired) electrons. The van der Waals surface area contributed by atoms with E-state index in [-0.39, 0.29) is 0 Å². The lowest BCUT2D eigenvalue weighted by molar-refractivity contribution is 1.33. The van der Waals surface area contributed by atoms with Gasteiger partial charge in [-0.3, -0.25) is 0 Å². The Bertz CT molecular complexity index is 133. The second-order valence-electron chi connectivity index (χ2n) is 1.35. The van der Waals surface area contributed by atoms with Crippen molar-refractivity contribution < 1.29 is 0 Å². The van der Waals surface area contributed by atoms with Gasteiger partial charge in [0.1, 0.15) is 0 Å². The number of aliphatic imine (C=N–C) groups is 1. The molecule has 0 saturated carbocycles. The van der Waals surface area contributed by atoms with Gasteiger partial charge in [0, 0.05) is 0 Å². The van der Waals surface area contributed by atoms with Crippen LogP contribution in [0.2, 0.25) is 0 Å². The predicted molar refractivity (Wildman–Crippen MR) is 45.0 cm³/mol. The molecule has 0 atom stereocenters. The molecule has 0 amide bonds. The van der Waals surface area contributed by atoms with Crippen LogP contribution >= 0.6 is 23.4 Å². The molecule has 0 unspecified atom stereocenters. The van der Waals surface area contributed by atoms with Gasteiger partial charge in [-0.25, -0.2) is 4.99 Å². The van der Waals surface area contributed by atoms with Gasteiger partial charge in [0.15, 0.2) is 5.17 Å². The lowest BCUT2D eigenvalue weighted by Gasteiger charge is -1.93. The smallest absolute Gasteiger partial charge is 0.158 e. The summed E-state index contributed by atoms with van der Waals surface area (Å²) >= 11 is 6.76. The highest BCUT2D eigenvalue weighted by molar-refractivity contribution is 8.13. The third kappa shape index (κ3) is 4.36. The molecule has 9 heavy (non-hydrogen) atoms. The van der Waals surface area contributed by atoms with Crippen LogP contribution in [0.15, 0.2) is 17.3 Å². The molecule has 2 nitrogen and oxygen atoms in total. The molecule has 0 aliphatic rings. The maximum absolute atomic E-state index is 5.38. The summed E-state index contributed by atoms with van der Waals surface area (Å²) in [6.07, 6.45) is 1.85.